The average molecular weight is 280 g/mol. The average Bonchev–Trinajstić information content (AvgIpc) is 2.53. The number of nitro groups is 1. The lowest BCUT2D eigenvalue weighted by Gasteiger charge is -2.20. The van der Waals surface area contributed by atoms with E-state index in [4.69, 9.17) is 0 Å². The number of benzene rings is 2. The van der Waals surface area contributed by atoms with E-state index in [2.05, 4.69) is 10.2 Å². The predicted molar refractivity (Wildman–Crippen MR) is 80.7 cm³/mol. The smallest absolute Gasteiger partial charge is 0.269 e. The second-order valence-corrected chi connectivity index (χ2v) is 4.58. The molecule has 0 aliphatic rings. The van der Waals surface area contributed by atoms with Crippen molar-refractivity contribution in [3.05, 3.63) is 64.8 Å². The number of non-ortho nitro benzene ring substituents is 1. The monoisotopic (exact) mass is 280 g/mol. The van der Waals surface area contributed by atoms with Crippen LogP contribution in [0.2, 0.25) is 0 Å². The molecule has 0 saturated heterocycles. The van der Waals surface area contributed by atoms with Gasteiger partial charge in [0.15, 0.2) is 0 Å². The third-order valence-corrected chi connectivity index (χ3v) is 3.33. The number of aromatic nitrogens is 2. The minimum absolute atomic E-state index is 0.0739. The Bertz CT molecular complexity index is 797. The van der Waals surface area contributed by atoms with Crippen LogP contribution in [0.15, 0.2) is 54.7 Å². The fraction of sp³-hybridized carbons (Fsp3) is 0.0667. The first kappa shape index (κ1) is 13.0. The Morgan fingerprint density at radius 3 is 2.52 bits per heavy atom. The number of fused-ring (bicyclic) bond motifs is 1. The van der Waals surface area contributed by atoms with Gasteiger partial charge in [0.2, 0.25) is 0 Å². The van der Waals surface area contributed by atoms with Crippen molar-refractivity contribution in [1.82, 2.24) is 10.2 Å². The van der Waals surface area contributed by atoms with Crippen molar-refractivity contribution < 1.29 is 4.92 Å². The quantitative estimate of drug-likeness (QED) is 0.543. The Balaban J connectivity index is 2.04. The maximum atomic E-state index is 10.7. The molecule has 104 valence electrons. The van der Waals surface area contributed by atoms with Crippen molar-refractivity contribution in [1.29, 1.82) is 0 Å². The van der Waals surface area contributed by atoms with Crippen LogP contribution in [0.1, 0.15) is 0 Å². The van der Waals surface area contributed by atoms with E-state index in [9.17, 15) is 10.1 Å². The summed E-state index contributed by atoms with van der Waals surface area (Å²) in [6.45, 7) is 0. The molecule has 3 aromatic rings. The molecule has 0 radical (unpaired) electrons. The molecule has 0 spiro atoms. The van der Waals surface area contributed by atoms with E-state index in [0.717, 1.165) is 22.3 Å². The van der Waals surface area contributed by atoms with Crippen molar-refractivity contribution in [2.24, 2.45) is 0 Å². The summed E-state index contributed by atoms with van der Waals surface area (Å²) in [6, 6.07) is 14.1. The topological polar surface area (TPSA) is 72.2 Å². The van der Waals surface area contributed by atoms with Gasteiger partial charge < -0.3 is 4.90 Å². The zero-order valence-corrected chi connectivity index (χ0v) is 11.3. The molecular formula is C15H12N4O2. The third kappa shape index (κ3) is 2.38. The maximum Gasteiger partial charge on any atom is 0.269 e. The second-order valence-electron chi connectivity index (χ2n) is 4.58. The van der Waals surface area contributed by atoms with E-state index in [1.807, 2.05) is 36.2 Å². The van der Waals surface area contributed by atoms with Crippen molar-refractivity contribution >= 4 is 28.0 Å². The molecule has 0 fully saturated rings. The molecule has 0 unspecified atom stereocenters. The molecule has 3 rings (SSSR count). The first-order valence-electron chi connectivity index (χ1n) is 6.35. The standard InChI is InChI=1S/C15H12N4O2/c1-18(11-6-8-12(9-7-11)19(20)21)15-10-16-17-14-5-3-2-4-13(14)15/h2-10H,1H3. The van der Waals surface area contributed by atoms with E-state index in [1.54, 1.807) is 18.3 Å². The summed E-state index contributed by atoms with van der Waals surface area (Å²) in [7, 11) is 1.89. The summed E-state index contributed by atoms with van der Waals surface area (Å²) in [4.78, 5) is 12.2. The van der Waals surface area contributed by atoms with Gasteiger partial charge in [-0.15, -0.1) is 0 Å². The van der Waals surface area contributed by atoms with Crippen LogP contribution in [-0.2, 0) is 0 Å². The normalized spacial score (nSPS) is 10.5. The fourth-order valence-electron chi connectivity index (χ4n) is 2.20. The molecule has 1 aromatic heterocycles. The van der Waals surface area contributed by atoms with E-state index >= 15 is 0 Å². The zero-order valence-electron chi connectivity index (χ0n) is 11.3. The lowest BCUT2D eigenvalue weighted by molar-refractivity contribution is -0.384. The van der Waals surface area contributed by atoms with Crippen molar-refractivity contribution in [3.63, 3.8) is 0 Å². The number of hydrogen-bond donors (Lipinski definition) is 0. The molecular weight excluding hydrogens is 268 g/mol. The molecule has 0 aliphatic carbocycles. The molecule has 6 heteroatoms. The summed E-state index contributed by atoms with van der Waals surface area (Å²) in [5, 5.41) is 19.8. The predicted octanol–water partition coefficient (Wildman–Crippen LogP) is 3.31. The largest absolute Gasteiger partial charge is 0.343 e. The highest BCUT2D eigenvalue weighted by Gasteiger charge is 2.11. The molecule has 0 saturated carbocycles. The van der Waals surface area contributed by atoms with Crippen LogP contribution >= 0.6 is 0 Å². The lowest BCUT2D eigenvalue weighted by atomic mass is 10.2. The highest BCUT2D eigenvalue weighted by Crippen LogP contribution is 2.29. The number of nitrogens with zero attached hydrogens (tertiary/aromatic N) is 4. The van der Waals surface area contributed by atoms with Gasteiger partial charge in [0.05, 0.1) is 22.3 Å². The first-order chi connectivity index (χ1) is 10.2. The molecule has 1 heterocycles. The molecule has 0 atom stereocenters. The number of rotatable bonds is 3. The zero-order chi connectivity index (χ0) is 14.8. The highest BCUT2D eigenvalue weighted by molar-refractivity contribution is 5.92. The Kier molecular flexibility index (Phi) is 3.19. The Labute approximate surface area is 120 Å². The summed E-state index contributed by atoms with van der Waals surface area (Å²) >= 11 is 0. The van der Waals surface area contributed by atoms with Gasteiger partial charge in [-0.3, -0.25) is 10.1 Å². The van der Waals surface area contributed by atoms with Crippen molar-refractivity contribution in [2.75, 3.05) is 11.9 Å². The molecule has 6 nitrogen and oxygen atoms in total. The highest BCUT2D eigenvalue weighted by atomic mass is 16.6. The molecule has 0 aliphatic heterocycles. The van der Waals surface area contributed by atoms with E-state index in [-0.39, 0.29) is 5.69 Å². The van der Waals surface area contributed by atoms with E-state index in [0.29, 0.717) is 0 Å². The van der Waals surface area contributed by atoms with Gasteiger partial charge in [0.1, 0.15) is 0 Å². The van der Waals surface area contributed by atoms with Crippen molar-refractivity contribution in [3.8, 4) is 0 Å². The van der Waals surface area contributed by atoms with E-state index in [1.165, 1.54) is 12.1 Å². The van der Waals surface area contributed by atoms with Crippen LogP contribution in [0.25, 0.3) is 10.9 Å². The maximum absolute atomic E-state index is 10.7. The van der Waals surface area contributed by atoms with Gasteiger partial charge in [0.25, 0.3) is 5.69 Å². The molecule has 2 aromatic carbocycles. The van der Waals surface area contributed by atoms with Gasteiger partial charge in [-0.25, -0.2) is 0 Å². The molecule has 21 heavy (non-hydrogen) atoms. The number of anilines is 2. The van der Waals surface area contributed by atoms with Gasteiger partial charge in [-0.2, -0.15) is 10.2 Å². The Morgan fingerprint density at radius 2 is 1.81 bits per heavy atom. The Hall–Kier alpha value is -3.02. The first-order valence-corrected chi connectivity index (χ1v) is 6.35. The van der Waals surface area contributed by atoms with Crippen LogP contribution < -0.4 is 4.90 Å². The van der Waals surface area contributed by atoms with Gasteiger partial charge in [-0.1, -0.05) is 18.2 Å². The number of nitro benzene ring substituents is 1. The van der Waals surface area contributed by atoms with Crippen LogP contribution in [0, 0.1) is 10.1 Å². The minimum atomic E-state index is -0.410. The third-order valence-electron chi connectivity index (χ3n) is 3.33. The van der Waals surface area contributed by atoms with Gasteiger partial charge in [0, 0.05) is 30.3 Å². The summed E-state index contributed by atoms with van der Waals surface area (Å²) in [5.41, 5.74) is 2.63. The van der Waals surface area contributed by atoms with E-state index < -0.39 is 4.92 Å². The van der Waals surface area contributed by atoms with Crippen LogP contribution in [0.3, 0.4) is 0 Å². The SMILES string of the molecule is CN(c1ccc([N+](=O)[O-])cc1)c1cnnc2ccccc12. The summed E-state index contributed by atoms with van der Waals surface area (Å²) in [6.07, 6.45) is 1.68. The van der Waals surface area contributed by atoms with Gasteiger partial charge in [-0.05, 0) is 18.2 Å². The second kappa shape index (κ2) is 5.16. The van der Waals surface area contributed by atoms with Crippen LogP contribution in [0.5, 0.6) is 0 Å². The molecule has 0 amide bonds. The fourth-order valence-corrected chi connectivity index (χ4v) is 2.20. The number of hydrogen-bond acceptors (Lipinski definition) is 5. The van der Waals surface area contributed by atoms with Crippen LogP contribution in [-0.4, -0.2) is 22.2 Å². The summed E-state index contributed by atoms with van der Waals surface area (Å²) < 4.78 is 0. The minimum Gasteiger partial charge on any atom is -0.343 e. The lowest BCUT2D eigenvalue weighted by Crippen LogP contribution is -2.10. The van der Waals surface area contributed by atoms with Gasteiger partial charge >= 0.3 is 0 Å². The van der Waals surface area contributed by atoms with Crippen LogP contribution in [0.4, 0.5) is 17.1 Å². The molecule has 0 bridgehead atoms. The Morgan fingerprint density at radius 1 is 1.10 bits per heavy atom. The summed E-state index contributed by atoms with van der Waals surface area (Å²) in [5.74, 6) is 0. The van der Waals surface area contributed by atoms with Crippen molar-refractivity contribution in [2.45, 2.75) is 0 Å². The molecule has 0 N–H and O–H groups in total.